The predicted octanol–water partition coefficient (Wildman–Crippen LogP) is 3.51. The SMILES string of the molecule is CNC(=O)OC(c1cc(-c2cccnc2C#N)n(S(=O)(=O)c2ccc(OC)nc2)c1)C(C)(C)C. The molecule has 10 nitrogen and oxygen atoms in total. The molecule has 3 heterocycles. The lowest BCUT2D eigenvalue weighted by molar-refractivity contribution is 0.0315. The number of alkyl carbamates (subject to hydrolysis) is 1. The van der Waals surface area contributed by atoms with Gasteiger partial charge in [0.25, 0.3) is 10.0 Å². The van der Waals surface area contributed by atoms with Gasteiger partial charge in [-0.15, -0.1) is 0 Å². The molecule has 11 heteroatoms. The van der Waals surface area contributed by atoms with Crippen LogP contribution in [-0.2, 0) is 14.8 Å². The molecular weight excluding hydrogens is 458 g/mol. The number of hydrogen-bond donors (Lipinski definition) is 1. The first-order valence-corrected chi connectivity index (χ1v) is 11.7. The molecule has 0 saturated heterocycles. The Morgan fingerprint density at radius 1 is 1.24 bits per heavy atom. The molecule has 0 aromatic carbocycles. The summed E-state index contributed by atoms with van der Waals surface area (Å²) in [6, 6.07) is 9.61. The van der Waals surface area contributed by atoms with Crippen LogP contribution in [0.4, 0.5) is 4.79 Å². The van der Waals surface area contributed by atoms with E-state index >= 15 is 0 Å². The third-order valence-electron chi connectivity index (χ3n) is 4.99. The van der Waals surface area contributed by atoms with Crippen LogP contribution in [0, 0.1) is 16.7 Å². The molecule has 3 aromatic rings. The number of nitrogens with one attached hydrogen (secondary N) is 1. The lowest BCUT2D eigenvalue weighted by Crippen LogP contribution is -2.28. The number of aromatic nitrogens is 3. The second-order valence-corrected chi connectivity index (χ2v) is 10.2. The molecule has 1 N–H and O–H groups in total. The molecule has 3 rings (SSSR count). The van der Waals surface area contributed by atoms with Crippen molar-refractivity contribution in [2.75, 3.05) is 14.2 Å². The second-order valence-electron chi connectivity index (χ2n) is 8.41. The molecule has 0 aliphatic rings. The van der Waals surface area contributed by atoms with Gasteiger partial charge in [-0.1, -0.05) is 20.8 Å². The largest absolute Gasteiger partial charge is 0.481 e. The summed E-state index contributed by atoms with van der Waals surface area (Å²) in [5.41, 5.74) is 0.424. The normalized spacial score (nSPS) is 12.5. The molecule has 34 heavy (non-hydrogen) atoms. The van der Waals surface area contributed by atoms with E-state index in [1.54, 1.807) is 18.2 Å². The third-order valence-corrected chi connectivity index (χ3v) is 6.65. The zero-order valence-electron chi connectivity index (χ0n) is 19.4. The Labute approximate surface area is 198 Å². The van der Waals surface area contributed by atoms with Crippen LogP contribution in [0.1, 0.15) is 38.1 Å². The van der Waals surface area contributed by atoms with Crippen molar-refractivity contribution in [3.8, 4) is 23.2 Å². The number of nitriles is 1. The lowest BCUT2D eigenvalue weighted by atomic mass is 9.85. The summed E-state index contributed by atoms with van der Waals surface area (Å²) in [5, 5.41) is 12.0. The molecule has 1 amide bonds. The van der Waals surface area contributed by atoms with Gasteiger partial charge in [0.2, 0.25) is 5.88 Å². The van der Waals surface area contributed by atoms with E-state index in [4.69, 9.17) is 9.47 Å². The number of amides is 1. The molecule has 1 unspecified atom stereocenters. The van der Waals surface area contributed by atoms with Crippen LogP contribution in [0.3, 0.4) is 0 Å². The van der Waals surface area contributed by atoms with Gasteiger partial charge in [0.1, 0.15) is 22.8 Å². The van der Waals surface area contributed by atoms with Gasteiger partial charge in [0.05, 0.1) is 19.0 Å². The molecule has 0 saturated carbocycles. The molecule has 0 bridgehead atoms. The Hall–Kier alpha value is -3.91. The lowest BCUT2D eigenvalue weighted by Gasteiger charge is -2.29. The van der Waals surface area contributed by atoms with E-state index < -0.39 is 27.6 Å². The number of carbonyl (C=O) groups is 1. The van der Waals surface area contributed by atoms with E-state index in [0.29, 0.717) is 11.1 Å². The molecule has 1 atom stereocenters. The zero-order valence-corrected chi connectivity index (χ0v) is 20.3. The molecule has 178 valence electrons. The molecule has 3 aromatic heterocycles. The van der Waals surface area contributed by atoms with Gasteiger partial charge in [-0.05, 0) is 24.3 Å². The Bertz CT molecular complexity index is 1340. The zero-order chi connectivity index (χ0) is 25.1. The summed E-state index contributed by atoms with van der Waals surface area (Å²) >= 11 is 0. The number of hydrogen-bond acceptors (Lipinski definition) is 8. The van der Waals surface area contributed by atoms with E-state index in [1.165, 1.54) is 44.9 Å². The first-order valence-electron chi connectivity index (χ1n) is 10.2. The highest BCUT2D eigenvalue weighted by atomic mass is 32.2. The van der Waals surface area contributed by atoms with Gasteiger partial charge >= 0.3 is 6.09 Å². The first kappa shape index (κ1) is 24.7. The van der Waals surface area contributed by atoms with Crippen molar-refractivity contribution in [1.29, 1.82) is 5.26 Å². The quantitative estimate of drug-likeness (QED) is 0.562. The van der Waals surface area contributed by atoms with Gasteiger partial charge in [-0.25, -0.2) is 27.2 Å². The second kappa shape index (κ2) is 9.52. The van der Waals surface area contributed by atoms with Crippen molar-refractivity contribution in [3.63, 3.8) is 0 Å². The Morgan fingerprint density at radius 2 is 1.97 bits per heavy atom. The summed E-state index contributed by atoms with van der Waals surface area (Å²) in [7, 11) is -1.29. The maximum absolute atomic E-state index is 13.6. The monoisotopic (exact) mass is 483 g/mol. The van der Waals surface area contributed by atoms with Crippen LogP contribution >= 0.6 is 0 Å². The summed E-state index contributed by atoms with van der Waals surface area (Å²) in [5.74, 6) is 0.262. The summed E-state index contributed by atoms with van der Waals surface area (Å²) in [6.07, 6.45) is 2.58. The van der Waals surface area contributed by atoms with Crippen LogP contribution < -0.4 is 10.1 Å². The number of ether oxygens (including phenoxy) is 2. The number of rotatable bonds is 6. The van der Waals surface area contributed by atoms with Crippen molar-refractivity contribution < 1.29 is 22.7 Å². The highest BCUT2D eigenvalue weighted by Gasteiger charge is 2.34. The Morgan fingerprint density at radius 3 is 2.53 bits per heavy atom. The molecule has 0 spiro atoms. The fourth-order valence-electron chi connectivity index (χ4n) is 3.37. The van der Waals surface area contributed by atoms with Crippen molar-refractivity contribution in [2.45, 2.75) is 31.8 Å². The smallest absolute Gasteiger partial charge is 0.407 e. The number of pyridine rings is 2. The Kier molecular flexibility index (Phi) is 6.93. The third kappa shape index (κ3) is 4.87. The van der Waals surface area contributed by atoms with Crippen LogP contribution in [0.5, 0.6) is 5.88 Å². The van der Waals surface area contributed by atoms with Crippen LogP contribution in [-0.4, -0.2) is 42.6 Å². The van der Waals surface area contributed by atoms with Crippen molar-refractivity contribution in [2.24, 2.45) is 5.41 Å². The van der Waals surface area contributed by atoms with Crippen molar-refractivity contribution >= 4 is 16.1 Å². The van der Waals surface area contributed by atoms with E-state index in [0.717, 1.165) is 3.97 Å². The van der Waals surface area contributed by atoms with E-state index in [2.05, 4.69) is 15.3 Å². The highest BCUT2D eigenvalue weighted by Crippen LogP contribution is 2.40. The summed E-state index contributed by atoms with van der Waals surface area (Å²) in [6.45, 7) is 5.60. The van der Waals surface area contributed by atoms with Crippen LogP contribution in [0.2, 0.25) is 0 Å². The average Bonchev–Trinajstić information content (AvgIpc) is 3.27. The highest BCUT2D eigenvalue weighted by molar-refractivity contribution is 7.90. The summed E-state index contributed by atoms with van der Waals surface area (Å²) < 4.78 is 39.0. The van der Waals surface area contributed by atoms with Crippen LogP contribution in [0.15, 0.2) is 53.8 Å². The molecule has 0 fully saturated rings. The number of nitrogens with zero attached hydrogens (tertiary/aromatic N) is 4. The predicted molar refractivity (Wildman–Crippen MR) is 123 cm³/mol. The van der Waals surface area contributed by atoms with Gasteiger partial charge in [0, 0.05) is 42.0 Å². The van der Waals surface area contributed by atoms with Gasteiger partial charge in [0.15, 0.2) is 0 Å². The van der Waals surface area contributed by atoms with Crippen LogP contribution in [0.25, 0.3) is 11.3 Å². The minimum absolute atomic E-state index is 0.0518. The van der Waals surface area contributed by atoms with E-state index in [-0.39, 0.29) is 22.2 Å². The minimum atomic E-state index is -4.15. The maximum Gasteiger partial charge on any atom is 0.407 e. The van der Waals surface area contributed by atoms with Gasteiger partial charge in [-0.2, -0.15) is 5.26 Å². The summed E-state index contributed by atoms with van der Waals surface area (Å²) in [4.78, 5) is 20.0. The van der Waals surface area contributed by atoms with Gasteiger partial charge < -0.3 is 14.8 Å². The number of carbonyl (C=O) groups excluding carboxylic acids is 1. The maximum atomic E-state index is 13.6. The van der Waals surface area contributed by atoms with Gasteiger partial charge in [-0.3, -0.25) is 0 Å². The molecule has 0 radical (unpaired) electrons. The topological polar surface area (TPSA) is 136 Å². The number of methoxy groups -OCH3 is 1. The Balaban J connectivity index is 2.28. The average molecular weight is 484 g/mol. The standard InChI is InChI=1S/C23H25N5O5S/c1-23(2,3)21(33-22(29)25-4)15-11-19(17-7-6-10-26-18(17)12-24)28(14-15)34(30,31)16-8-9-20(32-5)27-13-16/h6-11,13-14,21H,1-5H3,(H,25,29). The molecular formula is C23H25N5O5S. The minimum Gasteiger partial charge on any atom is -0.481 e. The molecule has 0 aliphatic carbocycles. The first-order chi connectivity index (χ1) is 16.0. The van der Waals surface area contributed by atoms with E-state index in [9.17, 15) is 18.5 Å². The van der Waals surface area contributed by atoms with Crippen molar-refractivity contribution in [3.05, 3.63) is 60.2 Å². The van der Waals surface area contributed by atoms with E-state index in [1.807, 2.05) is 26.8 Å². The fourth-order valence-corrected chi connectivity index (χ4v) is 4.69. The van der Waals surface area contributed by atoms with Crippen molar-refractivity contribution in [1.82, 2.24) is 19.3 Å². The fraction of sp³-hybridized carbons (Fsp3) is 0.304. The molecule has 0 aliphatic heterocycles.